The lowest BCUT2D eigenvalue weighted by Gasteiger charge is -2.03. The molecule has 0 bridgehead atoms. The van der Waals surface area contributed by atoms with Crippen LogP contribution in [0.2, 0.25) is 0 Å². The summed E-state index contributed by atoms with van der Waals surface area (Å²) < 4.78 is 1.58. The number of hydrogen-bond acceptors (Lipinski definition) is 4. The number of aromatic nitrogens is 3. The molecule has 100 valence electrons. The van der Waals surface area contributed by atoms with Gasteiger partial charge in [0.2, 0.25) is 5.78 Å². The molecule has 20 heavy (non-hydrogen) atoms. The second-order valence-electron chi connectivity index (χ2n) is 4.55. The van der Waals surface area contributed by atoms with Crippen molar-refractivity contribution in [3.63, 3.8) is 0 Å². The number of carbonyl (C=O) groups is 1. The average Bonchev–Trinajstić information content (AvgIpc) is 3.07. The van der Waals surface area contributed by atoms with Crippen molar-refractivity contribution >= 4 is 17.1 Å². The number of benzene rings is 1. The largest absolute Gasteiger partial charge is 0.286 e. The quantitative estimate of drug-likeness (QED) is 0.694. The molecule has 0 unspecified atom stereocenters. The molecule has 1 aromatic carbocycles. The molecule has 0 aliphatic rings. The van der Waals surface area contributed by atoms with Crippen LogP contribution in [-0.4, -0.2) is 20.8 Å². The Balaban J connectivity index is 2.04. The van der Waals surface area contributed by atoms with E-state index < -0.39 is 0 Å². The van der Waals surface area contributed by atoms with Crippen LogP contribution in [0.3, 0.4) is 0 Å². The Morgan fingerprint density at radius 1 is 1.20 bits per heavy atom. The zero-order chi connectivity index (χ0) is 14.1. The van der Waals surface area contributed by atoms with Gasteiger partial charge in [0.15, 0.2) is 0 Å². The maximum atomic E-state index is 12.6. The molecule has 0 amide bonds. The first-order chi connectivity index (χ1) is 9.66. The maximum Gasteiger partial charge on any atom is 0.223 e. The van der Waals surface area contributed by atoms with Crippen LogP contribution >= 0.6 is 11.3 Å². The zero-order valence-corrected chi connectivity index (χ0v) is 12.0. The first-order valence-electron chi connectivity index (χ1n) is 6.24. The van der Waals surface area contributed by atoms with E-state index in [1.807, 2.05) is 50.2 Å². The van der Waals surface area contributed by atoms with Gasteiger partial charge in [0.1, 0.15) is 5.69 Å². The molecule has 0 spiro atoms. The van der Waals surface area contributed by atoms with Crippen LogP contribution in [0.1, 0.15) is 25.8 Å². The van der Waals surface area contributed by atoms with Gasteiger partial charge in [-0.3, -0.25) is 4.79 Å². The lowest BCUT2D eigenvalue weighted by molar-refractivity contribution is 0.103. The van der Waals surface area contributed by atoms with Gasteiger partial charge in [-0.1, -0.05) is 23.4 Å². The Morgan fingerprint density at radius 3 is 2.60 bits per heavy atom. The Labute approximate surface area is 120 Å². The highest BCUT2D eigenvalue weighted by atomic mass is 32.1. The van der Waals surface area contributed by atoms with E-state index in [0.29, 0.717) is 5.69 Å². The number of aryl methyl sites for hydroxylation is 2. The Hall–Kier alpha value is -2.27. The number of carbonyl (C=O) groups excluding carboxylic acids is 1. The highest BCUT2D eigenvalue weighted by Gasteiger charge is 2.18. The highest BCUT2D eigenvalue weighted by molar-refractivity contribution is 7.14. The monoisotopic (exact) mass is 283 g/mol. The third-order valence-corrected chi connectivity index (χ3v) is 4.32. The summed E-state index contributed by atoms with van der Waals surface area (Å²) in [5.74, 6) is -0.0416. The van der Waals surface area contributed by atoms with Crippen molar-refractivity contribution in [2.45, 2.75) is 13.8 Å². The normalized spacial score (nSPS) is 10.7. The summed E-state index contributed by atoms with van der Waals surface area (Å²) >= 11 is 1.51. The summed E-state index contributed by atoms with van der Waals surface area (Å²) in [6.07, 6.45) is 1.51. The smallest absolute Gasteiger partial charge is 0.223 e. The fraction of sp³-hybridized carbons (Fsp3) is 0.133. The lowest BCUT2D eigenvalue weighted by atomic mass is 10.2. The molecule has 2 heterocycles. The van der Waals surface area contributed by atoms with Crippen molar-refractivity contribution in [3.8, 4) is 5.69 Å². The molecule has 0 aliphatic carbocycles. The Morgan fingerprint density at radius 2 is 1.95 bits per heavy atom. The van der Waals surface area contributed by atoms with Gasteiger partial charge < -0.3 is 0 Å². The van der Waals surface area contributed by atoms with Crippen molar-refractivity contribution in [3.05, 3.63) is 63.6 Å². The van der Waals surface area contributed by atoms with Crippen molar-refractivity contribution in [2.75, 3.05) is 0 Å². The molecule has 0 radical (unpaired) electrons. The van der Waals surface area contributed by atoms with Crippen molar-refractivity contribution in [2.24, 2.45) is 0 Å². The van der Waals surface area contributed by atoms with Gasteiger partial charge in [0.25, 0.3) is 0 Å². The van der Waals surface area contributed by atoms with Gasteiger partial charge in [-0.15, -0.1) is 16.4 Å². The van der Waals surface area contributed by atoms with E-state index in [2.05, 4.69) is 10.3 Å². The van der Waals surface area contributed by atoms with Crippen LogP contribution < -0.4 is 0 Å². The molecular weight excluding hydrogens is 270 g/mol. The summed E-state index contributed by atoms with van der Waals surface area (Å²) in [6.45, 7) is 4.03. The predicted octanol–water partition coefficient (Wildman–Crippen LogP) is 3.18. The van der Waals surface area contributed by atoms with E-state index in [1.54, 1.807) is 4.68 Å². The minimum absolute atomic E-state index is 0.0416. The first kappa shape index (κ1) is 12.7. The molecule has 0 saturated carbocycles. The van der Waals surface area contributed by atoms with E-state index in [0.717, 1.165) is 21.0 Å². The highest BCUT2D eigenvalue weighted by Crippen LogP contribution is 2.23. The second-order valence-corrected chi connectivity index (χ2v) is 5.80. The van der Waals surface area contributed by atoms with Crippen LogP contribution in [-0.2, 0) is 0 Å². The molecule has 3 aromatic rings. The number of ketones is 1. The third-order valence-electron chi connectivity index (χ3n) is 3.17. The molecule has 0 atom stereocenters. The first-order valence-corrected chi connectivity index (χ1v) is 7.06. The summed E-state index contributed by atoms with van der Waals surface area (Å²) in [6, 6.07) is 11.5. The standard InChI is InChI=1S/C15H13N3OS/c1-10-8-14(20-11(10)2)15(19)13-9-16-17-18(13)12-6-4-3-5-7-12/h3-9H,1-2H3. The van der Waals surface area contributed by atoms with E-state index in [4.69, 9.17) is 0 Å². The van der Waals surface area contributed by atoms with Crippen LogP contribution in [0, 0.1) is 13.8 Å². The molecular formula is C15H13N3OS. The topological polar surface area (TPSA) is 47.8 Å². The van der Waals surface area contributed by atoms with Gasteiger partial charge in [-0.2, -0.15) is 0 Å². The summed E-state index contributed by atoms with van der Waals surface area (Å²) in [7, 11) is 0. The van der Waals surface area contributed by atoms with Crippen LogP contribution in [0.25, 0.3) is 5.69 Å². The summed E-state index contributed by atoms with van der Waals surface area (Å²) in [5.41, 5.74) is 2.45. The Kier molecular flexibility index (Phi) is 3.20. The van der Waals surface area contributed by atoms with Crippen molar-refractivity contribution in [1.82, 2.24) is 15.0 Å². The number of rotatable bonds is 3. The maximum absolute atomic E-state index is 12.6. The molecule has 0 aliphatic heterocycles. The van der Waals surface area contributed by atoms with Crippen LogP contribution in [0.4, 0.5) is 0 Å². The van der Waals surface area contributed by atoms with Crippen molar-refractivity contribution in [1.29, 1.82) is 0 Å². The van der Waals surface area contributed by atoms with Gasteiger partial charge >= 0.3 is 0 Å². The number of para-hydroxylation sites is 1. The number of thiophene rings is 1. The molecule has 0 fully saturated rings. The molecule has 4 nitrogen and oxygen atoms in total. The van der Waals surface area contributed by atoms with Crippen molar-refractivity contribution < 1.29 is 4.79 Å². The van der Waals surface area contributed by atoms with Gasteiger partial charge in [-0.05, 0) is 37.6 Å². The lowest BCUT2D eigenvalue weighted by Crippen LogP contribution is -2.08. The van der Waals surface area contributed by atoms with Gasteiger partial charge in [-0.25, -0.2) is 4.68 Å². The fourth-order valence-electron chi connectivity index (χ4n) is 1.96. The van der Waals surface area contributed by atoms with E-state index in [9.17, 15) is 4.79 Å². The minimum Gasteiger partial charge on any atom is -0.286 e. The summed E-state index contributed by atoms with van der Waals surface area (Å²) in [5, 5.41) is 7.88. The predicted molar refractivity (Wildman–Crippen MR) is 78.6 cm³/mol. The molecule has 0 N–H and O–H groups in total. The molecule has 3 rings (SSSR count). The molecule has 2 aromatic heterocycles. The summed E-state index contributed by atoms with van der Waals surface area (Å²) in [4.78, 5) is 14.5. The van der Waals surface area contributed by atoms with Gasteiger partial charge in [0.05, 0.1) is 16.8 Å². The average molecular weight is 283 g/mol. The minimum atomic E-state index is -0.0416. The van der Waals surface area contributed by atoms with Crippen LogP contribution in [0.5, 0.6) is 0 Å². The number of hydrogen-bond donors (Lipinski definition) is 0. The van der Waals surface area contributed by atoms with Gasteiger partial charge in [0, 0.05) is 4.88 Å². The Bertz CT molecular complexity index is 739. The third kappa shape index (κ3) is 2.16. The van der Waals surface area contributed by atoms with E-state index >= 15 is 0 Å². The SMILES string of the molecule is Cc1cc(C(=O)c2cnnn2-c2ccccc2)sc1C. The van der Waals surface area contributed by atoms with E-state index in [-0.39, 0.29) is 5.78 Å². The fourth-order valence-corrected chi connectivity index (χ4v) is 2.94. The molecule has 5 heteroatoms. The number of nitrogens with zero attached hydrogens (tertiary/aromatic N) is 3. The van der Waals surface area contributed by atoms with E-state index in [1.165, 1.54) is 17.5 Å². The molecule has 0 saturated heterocycles. The zero-order valence-electron chi connectivity index (χ0n) is 11.2. The van der Waals surface area contributed by atoms with Crippen LogP contribution in [0.15, 0.2) is 42.6 Å². The second kappa shape index (κ2) is 5.02.